The first-order valence-corrected chi connectivity index (χ1v) is 45.6. The number of fused-ring (bicyclic) bond motifs is 2. The number of nitrogens with zero attached hydrogens (tertiary/aromatic N) is 11. The molecule has 1 aromatic heterocycles. The second-order valence-electron chi connectivity index (χ2n) is 34.4. The number of rotatable bonds is 31. The smallest absolute Gasteiger partial charge is 0.410 e. The zero-order valence-corrected chi connectivity index (χ0v) is 87.6. The maximum Gasteiger partial charge on any atom is 0.410 e. The van der Waals surface area contributed by atoms with E-state index in [1.807, 2.05) is 111 Å². The van der Waals surface area contributed by atoms with E-state index in [0.717, 1.165) is 89.9 Å². The molecule has 131 heavy (non-hydrogen) atoms. The van der Waals surface area contributed by atoms with E-state index in [2.05, 4.69) is 83.6 Å². The summed E-state index contributed by atoms with van der Waals surface area (Å²) < 4.78 is 58.3. The van der Waals surface area contributed by atoms with Crippen molar-refractivity contribution in [3.63, 3.8) is 0 Å². The Hall–Kier alpha value is -8.04. The van der Waals surface area contributed by atoms with Crippen LogP contribution in [0.15, 0.2) is 59.1 Å². The number of Topliss-reactive ketones (excluding diaryl/α,β-unsaturated/α-hetero) is 1. The zero-order valence-electron chi connectivity index (χ0n) is 86.1. The number of esters is 2. The van der Waals surface area contributed by atoms with E-state index in [-0.39, 0.29) is 103 Å². The maximum absolute atomic E-state index is 13.8. The molecule has 0 bridgehead atoms. The molecular formula is C92H176Cl2F2N16O19. The van der Waals surface area contributed by atoms with Crippen LogP contribution in [0, 0.1) is 11.6 Å². The number of nitrogens with one attached hydrogen (secondary N) is 2. The Balaban J connectivity index is -0.000000224. The zero-order chi connectivity index (χ0) is 104. The molecule has 2 aliphatic heterocycles. The molecule has 1 fully saturated rings. The Kier molecular flexibility index (Phi) is 82.7. The second-order valence-corrected chi connectivity index (χ2v) is 35.2. The molecule has 1 unspecified atom stereocenters. The first kappa shape index (κ1) is 138. The van der Waals surface area contributed by atoms with Crippen LogP contribution >= 0.6 is 23.2 Å². The molecule has 2 aromatic rings. The quantitative estimate of drug-likeness (QED) is 0.00389. The number of amides is 5. The van der Waals surface area contributed by atoms with Crippen LogP contribution in [0.1, 0.15) is 257 Å². The first-order valence-electron chi connectivity index (χ1n) is 44.6. The summed E-state index contributed by atoms with van der Waals surface area (Å²) in [5.41, 5.74) is 21.0. The van der Waals surface area contributed by atoms with Crippen molar-refractivity contribution in [2.75, 3.05) is 135 Å². The van der Waals surface area contributed by atoms with Crippen molar-refractivity contribution in [2.45, 2.75) is 320 Å². The number of likely N-dealkylation sites (N-methyl/N-ethyl adjacent to an activating group) is 3. The number of hydrogen-bond donors (Lipinski definition) is 9. The van der Waals surface area contributed by atoms with Gasteiger partial charge in [-0.25, -0.2) is 37.5 Å². The highest BCUT2D eigenvalue weighted by molar-refractivity contribution is 6.40. The number of nitrogens with two attached hydrogens (primary N) is 3. The van der Waals surface area contributed by atoms with Crippen molar-refractivity contribution in [1.82, 2.24) is 49.5 Å². The third-order valence-electron chi connectivity index (χ3n) is 18.8. The van der Waals surface area contributed by atoms with E-state index < -0.39 is 75.1 Å². The molecule has 3 heterocycles. The molecule has 35 nitrogen and oxygen atoms in total. The van der Waals surface area contributed by atoms with Crippen LogP contribution in [0.5, 0.6) is 5.75 Å². The number of alkyl halides is 2. The van der Waals surface area contributed by atoms with Gasteiger partial charge in [0, 0.05) is 127 Å². The summed E-state index contributed by atoms with van der Waals surface area (Å²) >= 11 is 9.53. The van der Waals surface area contributed by atoms with Crippen LogP contribution in [-0.4, -0.2) is 319 Å². The van der Waals surface area contributed by atoms with Crippen molar-refractivity contribution >= 4 is 71.2 Å². The second kappa shape index (κ2) is 78.3. The third kappa shape index (κ3) is 70.3. The highest BCUT2D eigenvalue weighted by Gasteiger charge is 2.42. The lowest BCUT2D eigenvalue weighted by atomic mass is 10.0. The number of benzene rings is 1. The molecule has 0 spiro atoms. The Morgan fingerprint density at radius 2 is 1.09 bits per heavy atom. The number of ketones is 1. The molecule has 0 radical (unpaired) electrons. The van der Waals surface area contributed by atoms with E-state index in [1.54, 1.807) is 97.4 Å². The van der Waals surface area contributed by atoms with Gasteiger partial charge in [0.2, 0.25) is 5.43 Å². The molecule has 39 heteroatoms. The molecule has 0 aliphatic carbocycles. The average molecular weight is 1920 g/mol. The number of hydrogen-bond acceptors (Lipinski definition) is 27. The fraction of sp³-hybridized carbons (Fsp3) is 0.750. The molecule has 4 rings (SSSR count). The lowest BCUT2D eigenvalue weighted by molar-refractivity contribution is -0.138. The number of aromatic hydroxyl groups is 1. The Labute approximate surface area is 794 Å². The fourth-order valence-electron chi connectivity index (χ4n) is 9.93. The lowest BCUT2D eigenvalue weighted by Crippen LogP contribution is -2.62. The number of aromatic nitrogens is 1. The van der Waals surface area contributed by atoms with Crippen molar-refractivity contribution < 1.29 is 96.0 Å². The largest absolute Gasteiger partial charge is 0.503 e. The van der Waals surface area contributed by atoms with E-state index in [1.165, 1.54) is 39.1 Å². The van der Waals surface area contributed by atoms with Crippen LogP contribution < -0.4 is 33.3 Å². The maximum atomic E-state index is 13.8. The molecule has 9 atom stereocenters. The van der Waals surface area contributed by atoms with Crippen molar-refractivity contribution in [2.24, 2.45) is 22.3 Å². The molecule has 1 aromatic carbocycles. The monoisotopic (exact) mass is 1920 g/mol. The number of azide groups is 1. The Morgan fingerprint density at radius 3 is 1.45 bits per heavy atom. The van der Waals surface area contributed by atoms with Gasteiger partial charge < -0.3 is 111 Å². The van der Waals surface area contributed by atoms with Gasteiger partial charge in [0.25, 0.3) is 5.91 Å². The van der Waals surface area contributed by atoms with Gasteiger partial charge in [-0.1, -0.05) is 37.7 Å². The molecule has 5 amide bonds. The minimum absolute atomic E-state index is 0.0253. The summed E-state index contributed by atoms with van der Waals surface area (Å²) in [4.78, 5) is 120. The SMILES string of the molecule is C=CC(=O)OCC.CC.CCOC(=O)/C=C/[C@H](C)N(C)C(=O)OC(C)(C)C.CN[C@@H](C)CCCN.CN[C@@H](C)CCN.CO.C[C@@H](CCCN=[N+]=[N-])N(C)C(=O)OC(C)(C)C.C[C@@H](CCCO)N(C)C(=O)OC(C)(C)C.C[C@@H](CCN)N(C)C.C[C@@H](CO)N(C)C(=O)OC(C)(C)C.C[C@H]1CCN2C(=O)c3c(O)c(=O)c(C(=O)CCc4ccc(F)cc4F)cn3CC2N1C.ClCCl. The van der Waals surface area contributed by atoms with E-state index >= 15 is 0 Å². The highest BCUT2D eigenvalue weighted by atomic mass is 35.5. The number of carbonyl (C=O) groups excluding carboxylic acids is 8. The molecule has 12 N–H and O–H groups in total. The van der Waals surface area contributed by atoms with Gasteiger partial charge >= 0.3 is 36.3 Å². The number of carbonyl (C=O) groups is 8. The fourth-order valence-corrected chi connectivity index (χ4v) is 9.93. The predicted molar refractivity (Wildman–Crippen MR) is 523 cm³/mol. The molecular weight excluding hydrogens is 1740 g/mol. The molecule has 1 saturated heterocycles. The molecule has 0 saturated carbocycles. The molecule has 766 valence electrons. The topological polar surface area (TPSA) is 468 Å². The lowest BCUT2D eigenvalue weighted by Gasteiger charge is -2.48. The average Bonchev–Trinajstić information content (AvgIpc) is 0.744. The van der Waals surface area contributed by atoms with Crippen LogP contribution in [0.3, 0.4) is 0 Å². The van der Waals surface area contributed by atoms with Crippen LogP contribution in [0.25, 0.3) is 10.4 Å². The number of aryl methyl sites for hydroxylation is 1. The predicted octanol–water partition coefficient (Wildman–Crippen LogP) is 14.4. The van der Waals surface area contributed by atoms with Gasteiger partial charge in [-0.05, 0) is 289 Å². The van der Waals surface area contributed by atoms with Crippen LogP contribution in [0.2, 0.25) is 0 Å². The summed E-state index contributed by atoms with van der Waals surface area (Å²) in [7, 11) is 17.6. The molecule has 2 aliphatic rings. The number of pyridine rings is 1. The van der Waals surface area contributed by atoms with Gasteiger partial charge in [0.1, 0.15) is 40.2 Å². The van der Waals surface area contributed by atoms with Gasteiger partial charge in [0.05, 0.1) is 49.4 Å². The van der Waals surface area contributed by atoms with Gasteiger partial charge in [0.15, 0.2) is 17.2 Å². The minimum Gasteiger partial charge on any atom is -0.503 e. The third-order valence-corrected chi connectivity index (χ3v) is 18.8. The van der Waals surface area contributed by atoms with E-state index in [4.69, 9.17) is 84.9 Å². The van der Waals surface area contributed by atoms with Crippen molar-refractivity contribution in [3.8, 4) is 5.75 Å². The number of ether oxygens (including phenoxy) is 6. The number of aliphatic hydroxyl groups excluding tert-OH is 3. The van der Waals surface area contributed by atoms with E-state index in [9.17, 15) is 57.0 Å². The highest BCUT2D eigenvalue weighted by Crippen LogP contribution is 2.30. The normalized spacial score (nSPS) is 14.5. The number of aliphatic hydroxyl groups is 3. The van der Waals surface area contributed by atoms with Crippen molar-refractivity contribution in [1.29, 1.82) is 0 Å². The van der Waals surface area contributed by atoms with Gasteiger partial charge in [-0.3, -0.25) is 19.3 Å². The summed E-state index contributed by atoms with van der Waals surface area (Å²) in [5.74, 6) is -4.03. The number of halogens is 4. The van der Waals surface area contributed by atoms with Crippen LogP contribution in [-0.2, 0) is 51.0 Å². The Morgan fingerprint density at radius 1 is 0.664 bits per heavy atom. The summed E-state index contributed by atoms with van der Waals surface area (Å²) in [6.07, 6.45) is 11.7. The van der Waals surface area contributed by atoms with Crippen LogP contribution in [0.4, 0.5) is 28.0 Å². The summed E-state index contributed by atoms with van der Waals surface area (Å²) in [6.45, 7) is 53.0. The van der Waals surface area contributed by atoms with Gasteiger partial charge in [-0.15, -0.1) is 23.2 Å². The van der Waals surface area contributed by atoms with E-state index in [0.29, 0.717) is 57.4 Å². The first-order chi connectivity index (χ1) is 60.7. The summed E-state index contributed by atoms with van der Waals surface area (Å²) in [6, 6.07) is 4.87. The van der Waals surface area contributed by atoms with Gasteiger partial charge in [-0.2, -0.15) is 0 Å². The van der Waals surface area contributed by atoms with Crippen molar-refractivity contribution in [3.05, 3.63) is 98.3 Å². The summed E-state index contributed by atoms with van der Waals surface area (Å²) in [5, 5.41) is 44.8. The minimum atomic E-state index is -0.915. The standard InChI is InChI=1S/C22H23F2N3O4.C13H23NO4.C11H22N4O2.C11H23NO3.C9H19NO3.2C6H16N2.C5H14N2.C5H8O2.C2H6.CH2Cl2.CH4O/c1-12-7-8-27-18(25(12)2)11-26-10-15(20(29)21(30)19(26)22(27)31)17(28)6-4-13-3-5-14(23)9-16(13)24;1-7-17-11(15)9-8-10(2)14(6)12(16)18-13(3,4)5;1-9(7-6-8-13-14-12)15(5)10(16)17-11(2,3)4;1-9(7-6-8-13)12(5)10(14)15-11(2,3)4;1-7(6-11)10(5)8(12)13-9(2,3)4;1-6(4-5-7)8(2)3;1-6(8-2)4-3-5-7;1-5(7-2)3-4-6;1-3-5(6)7-4-2;1-2;2-1-3;1-2/h3,5,9-10,12,18,30H,4,6-8,11H2,1-2H3;8-10H,7H2,1-6H3;9H,6-8H2,1-5H3;9,13H,6-8H2,1-5H3;7,11H,6H2,1-5H3;6H,4-5,7H2,1-3H3;6,8H,3-5,7H2,1-2H3;5,7H,3-4,6H2,1-2H3;3H,1,4H2,2H3;1-2H3;1H2;2H,1H3/b;9-8+;;;;;;;;;;/t12-,18?;10-;2*9-;7-;2*6-;5-;;;;/m00000000..../s1. The Bertz CT molecular complexity index is 3560.